The Balaban J connectivity index is 1.88. The molecule has 1 spiro atoms. The number of likely N-dealkylation sites (tertiary alicyclic amines) is 1. The van der Waals surface area contributed by atoms with Crippen LogP contribution in [-0.2, 0) is 4.74 Å². The van der Waals surface area contributed by atoms with Gasteiger partial charge in [0.2, 0.25) is 0 Å². The average molecular weight is 185 g/mol. The molecule has 1 aliphatic carbocycles. The zero-order valence-electron chi connectivity index (χ0n) is 10.0. The van der Waals surface area contributed by atoms with Gasteiger partial charge in [0.05, 0.1) is 9.30 Å². The molecule has 1 amide bonds. The van der Waals surface area contributed by atoms with Crippen LogP contribution in [0.25, 0.3) is 0 Å². The number of hydrogen-bond acceptors (Lipinski definition) is 2. The molecule has 0 unspecified atom stereocenters. The van der Waals surface area contributed by atoms with Crippen molar-refractivity contribution in [3.05, 3.63) is 0 Å². The fourth-order valence-electron chi connectivity index (χ4n) is 2.33. The SMILES string of the molecule is [2H]C([2H])(C)OC(=O)N1CCC2(CCC2)C1. The zero-order chi connectivity index (χ0) is 11.1. The van der Waals surface area contributed by atoms with Crippen molar-refractivity contribution in [1.29, 1.82) is 0 Å². The van der Waals surface area contributed by atoms with Crippen molar-refractivity contribution in [3.8, 4) is 0 Å². The Kier molecular flexibility index (Phi) is 1.65. The Bertz CT molecular complexity index is 271. The third-order valence-corrected chi connectivity index (χ3v) is 3.30. The van der Waals surface area contributed by atoms with Crippen molar-refractivity contribution in [2.24, 2.45) is 5.41 Å². The first-order chi connectivity index (χ1) is 6.90. The maximum absolute atomic E-state index is 11.6. The molecule has 0 bridgehead atoms. The van der Waals surface area contributed by atoms with E-state index in [9.17, 15) is 4.79 Å². The van der Waals surface area contributed by atoms with Crippen molar-refractivity contribution >= 4 is 6.09 Å². The summed E-state index contributed by atoms with van der Waals surface area (Å²) in [7, 11) is 0. The Morgan fingerprint density at radius 3 is 2.85 bits per heavy atom. The highest BCUT2D eigenvalue weighted by Crippen LogP contribution is 2.47. The van der Waals surface area contributed by atoms with E-state index in [1.807, 2.05) is 0 Å². The number of ether oxygens (including phenoxy) is 1. The van der Waals surface area contributed by atoms with Crippen LogP contribution in [0.15, 0.2) is 0 Å². The number of carbonyl (C=O) groups excluding carboxylic acids is 1. The normalized spacial score (nSPS) is 27.9. The van der Waals surface area contributed by atoms with Crippen LogP contribution in [0.1, 0.15) is 35.3 Å². The molecule has 3 heteroatoms. The van der Waals surface area contributed by atoms with Gasteiger partial charge in [-0.3, -0.25) is 0 Å². The van der Waals surface area contributed by atoms with Gasteiger partial charge in [-0.05, 0) is 31.6 Å². The van der Waals surface area contributed by atoms with E-state index in [1.54, 1.807) is 4.90 Å². The molecule has 0 N–H and O–H groups in total. The number of rotatable bonds is 1. The molecular weight excluding hydrogens is 166 g/mol. The van der Waals surface area contributed by atoms with Crippen molar-refractivity contribution in [2.75, 3.05) is 19.6 Å². The molecule has 0 aromatic heterocycles. The highest BCUT2D eigenvalue weighted by Gasteiger charge is 2.44. The standard InChI is InChI=1S/C10H17NO2/c1-2-13-9(12)11-7-6-10(8-11)4-3-5-10/h2-8H2,1H3/i2D2. The van der Waals surface area contributed by atoms with Crippen molar-refractivity contribution < 1.29 is 12.3 Å². The molecule has 2 aliphatic rings. The molecule has 2 rings (SSSR count). The lowest BCUT2D eigenvalue weighted by atomic mass is 9.68. The molecule has 1 heterocycles. The summed E-state index contributed by atoms with van der Waals surface area (Å²) in [6, 6.07) is 0. The fraction of sp³-hybridized carbons (Fsp3) is 0.900. The van der Waals surface area contributed by atoms with Crippen LogP contribution in [0.2, 0.25) is 0 Å². The van der Waals surface area contributed by atoms with Crippen molar-refractivity contribution in [3.63, 3.8) is 0 Å². The third-order valence-electron chi connectivity index (χ3n) is 3.30. The summed E-state index contributed by atoms with van der Waals surface area (Å²) < 4.78 is 19.1. The molecule has 74 valence electrons. The summed E-state index contributed by atoms with van der Waals surface area (Å²) in [4.78, 5) is 13.2. The average Bonchev–Trinajstić information content (AvgIpc) is 2.43. The second-order valence-electron chi connectivity index (χ2n) is 4.10. The van der Waals surface area contributed by atoms with Gasteiger partial charge in [0, 0.05) is 13.1 Å². The van der Waals surface area contributed by atoms with Crippen molar-refractivity contribution in [1.82, 2.24) is 4.90 Å². The van der Waals surface area contributed by atoms with E-state index in [2.05, 4.69) is 0 Å². The maximum Gasteiger partial charge on any atom is 0.409 e. The molecule has 0 aromatic carbocycles. The zero-order valence-corrected chi connectivity index (χ0v) is 8.01. The minimum atomic E-state index is -1.87. The summed E-state index contributed by atoms with van der Waals surface area (Å²) in [5, 5.41) is 0. The summed E-state index contributed by atoms with van der Waals surface area (Å²) in [5.41, 5.74) is 0.347. The Hall–Kier alpha value is -0.730. The first kappa shape index (κ1) is 6.68. The molecule has 0 aromatic rings. The molecule has 1 saturated heterocycles. The first-order valence-corrected chi connectivity index (χ1v) is 4.88. The van der Waals surface area contributed by atoms with Gasteiger partial charge in [-0.15, -0.1) is 0 Å². The monoisotopic (exact) mass is 185 g/mol. The molecule has 1 aliphatic heterocycles. The van der Waals surface area contributed by atoms with Crippen LogP contribution in [0, 0.1) is 5.41 Å². The molecule has 2 fully saturated rings. The molecule has 13 heavy (non-hydrogen) atoms. The highest BCUT2D eigenvalue weighted by atomic mass is 16.6. The van der Waals surface area contributed by atoms with Gasteiger partial charge in [-0.1, -0.05) is 6.42 Å². The van der Waals surface area contributed by atoms with Crippen LogP contribution in [0.3, 0.4) is 0 Å². The maximum atomic E-state index is 11.6. The van der Waals surface area contributed by atoms with E-state index in [-0.39, 0.29) is 0 Å². The van der Waals surface area contributed by atoms with Crippen LogP contribution in [0.4, 0.5) is 4.79 Å². The summed E-state index contributed by atoms with van der Waals surface area (Å²) >= 11 is 0. The van der Waals surface area contributed by atoms with Gasteiger partial charge in [-0.2, -0.15) is 0 Å². The van der Waals surface area contributed by atoms with E-state index in [0.29, 0.717) is 5.41 Å². The molecule has 0 atom stereocenters. The first-order valence-electron chi connectivity index (χ1n) is 5.88. The van der Waals surface area contributed by atoms with Crippen LogP contribution in [0.5, 0.6) is 0 Å². The van der Waals surface area contributed by atoms with Gasteiger partial charge in [0.25, 0.3) is 0 Å². The Morgan fingerprint density at radius 2 is 2.38 bits per heavy atom. The van der Waals surface area contributed by atoms with Crippen LogP contribution in [-0.4, -0.2) is 30.6 Å². The van der Waals surface area contributed by atoms with Crippen LogP contribution >= 0.6 is 0 Å². The number of hydrogen-bond donors (Lipinski definition) is 0. The fourth-order valence-corrected chi connectivity index (χ4v) is 2.33. The number of nitrogens with zero attached hydrogens (tertiary/aromatic N) is 1. The van der Waals surface area contributed by atoms with Gasteiger partial charge in [0.15, 0.2) is 0 Å². The predicted molar refractivity (Wildman–Crippen MR) is 49.5 cm³/mol. The predicted octanol–water partition coefficient (Wildman–Crippen LogP) is 2.02. The van der Waals surface area contributed by atoms with Gasteiger partial charge >= 0.3 is 6.09 Å². The van der Waals surface area contributed by atoms with E-state index in [0.717, 1.165) is 19.5 Å². The Labute approximate surface area is 81.9 Å². The van der Waals surface area contributed by atoms with E-state index in [1.165, 1.54) is 26.2 Å². The van der Waals surface area contributed by atoms with Gasteiger partial charge in [0.1, 0.15) is 0 Å². The van der Waals surface area contributed by atoms with Crippen LogP contribution < -0.4 is 0 Å². The number of carbonyl (C=O) groups is 1. The van der Waals surface area contributed by atoms with E-state index >= 15 is 0 Å². The topological polar surface area (TPSA) is 29.5 Å². The quantitative estimate of drug-likeness (QED) is 0.625. The van der Waals surface area contributed by atoms with Crippen molar-refractivity contribution in [2.45, 2.75) is 32.6 Å². The van der Waals surface area contributed by atoms with Gasteiger partial charge in [-0.25, -0.2) is 4.79 Å². The molecule has 3 nitrogen and oxygen atoms in total. The highest BCUT2D eigenvalue weighted by molar-refractivity contribution is 5.68. The van der Waals surface area contributed by atoms with E-state index in [4.69, 9.17) is 7.48 Å². The molecule has 0 radical (unpaired) electrons. The minimum absolute atomic E-state index is 0.347. The molecule has 1 saturated carbocycles. The summed E-state index contributed by atoms with van der Waals surface area (Å²) in [6.07, 6.45) is 4.21. The Morgan fingerprint density at radius 1 is 1.62 bits per heavy atom. The number of amides is 1. The molecular formula is C10H17NO2. The lowest BCUT2D eigenvalue weighted by Crippen LogP contribution is -2.36. The van der Waals surface area contributed by atoms with E-state index < -0.39 is 12.7 Å². The lowest BCUT2D eigenvalue weighted by molar-refractivity contribution is 0.0974. The smallest absolute Gasteiger partial charge is 0.409 e. The minimum Gasteiger partial charge on any atom is -0.450 e. The summed E-state index contributed by atoms with van der Waals surface area (Å²) in [5.74, 6) is 0. The second kappa shape index (κ2) is 3.20. The third kappa shape index (κ3) is 1.52. The lowest BCUT2D eigenvalue weighted by Gasteiger charge is -2.37. The summed E-state index contributed by atoms with van der Waals surface area (Å²) in [6.45, 7) is 0.851. The van der Waals surface area contributed by atoms with Gasteiger partial charge < -0.3 is 9.64 Å². The second-order valence-corrected chi connectivity index (χ2v) is 4.10. The largest absolute Gasteiger partial charge is 0.450 e.